The van der Waals surface area contributed by atoms with E-state index in [1.807, 2.05) is 0 Å². The SMILES string of the molecule is Cc1ccccc1-c1c(C)c(C)c(C)c(C)c1C. The van der Waals surface area contributed by atoms with Gasteiger partial charge in [-0.15, -0.1) is 0 Å². The predicted octanol–water partition coefficient (Wildman–Crippen LogP) is 5.20. The van der Waals surface area contributed by atoms with E-state index in [9.17, 15) is 0 Å². The highest BCUT2D eigenvalue weighted by atomic mass is 14.2. The smallest absolute Gasteiger partial charge is 0.0117 e. The van der Waals surface area contributed by atoms with Gasteiger partial charge in [-0.1, -0.05) is 24.3 Å². The molecule has 0 spiro atoms. The Morgan fingerprint density at radius 2 is 1.00 bits per heavy atom. The van der Waals surface area contributed by atoms with Gasteiger partial charge in [-0.25, -0.2) is 0 Å². The summed E-state index contributed by atoms with van der Waals surface area (Å²) in [7, 11) is 0. The second-order valence-corrected chi connectivity index (χ2v) is 5.31. The van der Waals surface area contributed by atoms with Crippen LogP contribution in [0.15, 0.2) is 24.3 Å². The van der Waals surface area contributed by atoms with E-state index in [0.29, 0.717) is 0 Å². The average Bonchev–Trinajstić information content (AvgIpc) is 2.36. The monoisotopic (exact) mass is 238 g/mol. The summed E-state index contributed by atoms with van der Waals surface area (Å²) in [5.41, 5.74) is 11.3. The molecule has 0 aliphatic heterocycles. The molecular weight excluding hydrogens is 216 g/mol. The van der Waals surface area contributed by atoms with E-state index in [4.69, 9.17) is 0 Å². The summed E-state index contributed by atoms with van der Waals surface area (Å²) in [4.78, 5) is 0. The fourth-order valence-corrected chi connectivity index (χ4v) is 2.76. The van der Waals surface area contributed by atoms with Gasteiger partial charge in [0.15, 0.2) is 0 Å². The Kier molecular flexibility index (Phi) is 3.30. The van der Waals surface area contributed by atoms with E-state index in [0.717, 1.165) is 0 Å². The lowest BCUT2D eigenvalue weighted by molar-refractivity contribution is 1.17. The summed E-state index contributed by atoms with van der Waals surface area (Å²) in [6.45, 7) is 13.4. The van der Waals surface area contributed by atoms with Crippen molar-refractivity contribution in [1.29, 1.82) is 0 Å². The number of hydrogen-bond acceptors (Lipinski definition) is 0. The minimum atomic E-state index is 1.35. The van der Waals surface area contributed by atoms with Crippen LogP contribution in [0.2, 0.25) is 0 Å². The van der Waals surface area contributed by atoms with Crippen molar-refractivity contribution in [1.82, 2.24) is 0 Å². The van der Waals surface area contributed by atoms with Gasteiger partial charge in [-0.3, -0.25) is 0 Å². The molecule has 0 amide bonds. The quantitative estimate of drug-likeness (QED) is 0.640. The zero-order valence-corrected chi connectivity index (χ0v) is 12.3. The number of hydrogen-bond donors (Lipinski definition) is 0. The molecule has 0 saturated carbocycles. The van der Waals surface area contributed by atoms with Gasteiger partial charge in [-0.2, -0.15) is 0 Å². The topological polar surface area (TPSA) is 0 Å². The Bertz CT molecular complexity index is 575. The summed E-state index contributed by atoms with van der Waals surface area (Å²) in [6, 6.07) is 8.67. The summed E-state index contributed by atoms with van der Waals surface area (Å²) >= 11 is 0. The Hall–Kier alpha value is -1.56. The Labute approximate surface area is 111 Å². The molecule has 94 valence electrons. The molecule has 0 saturated heterocycles. The maximum absolute atomic E-state index is 2.25. The summed E-state index contributed by atoms with van der Waals surface area (Å²) < 4.78 is 0. The highest BCUT2D eigenvalue weighted by Gasteiger charge is 2.14. The Morgan fingerprint density at radius 1 is 0.556 bits per heavy atom. The molecule has 0 heteroatoms. The van der Waals surface area contributed by atoms with Gasteiger partial charge in [0.1, 0.15) is 0 Å². The lowest BCUT2D eigenvalue weighted by atomic mass is 9.85. The standard InChI is InChI=1S/C18H22/c1-11-9-7-8-10-17(11)18-15(5)13(3)12(2)14(4)16(18)6/h7-10H,1-6H3. The molecule has 2 aromatic rings. The maximum Gasteiger partial charge on any atom is -0.0117 e. The fourth-order valence-electron chi connectivity index (χ4n) is 2.76. The van der Waals surface area contributed by atoms with Crippen molar-refractivity contribution >= 4 is 0 Å². The molecule has 0 aromatic heterocycles. The first-order chi connectivity index (χ1) is 8.45. The molecule has 0 heterocycles. The largest absolute Gasteiger partial charge is 0.0620 e. The van der Waals surface area contributed by atoms with Gasteiger partial charge in [0.25, 0.3) is 0 Å². The van der Waals surface area contributed by atoms with Crippen LogP contribution in [-0.4, -0.2) is 0 Å². The molecule has 2 aromatic carbocycles. The second kappa shape index (κ2) is 4.61. The van der Waals surface area contributed by atoms with Gasteiger partial charge >= 0.3 is 0 Å². The van der Waals surface area contributed by atoms with Crippen LogP contribution in [0.3, 0.4) is 0 Å². The normalized spacial score (nSPS) is 10.8. The molecule has 0 aliphatic carbocycles. The number of aryl methyl sites for hydroxylation is 1. The van der Waals surface area contributed by atoms with Crippen LogP contribution in [-0.2, 0) is 0 Å². The molecule has 0 N–H and O–H groups in total. The van der Waals surface area contributed by atoms with Gasteiger partial charge in [0.2, 0.25) is 0 Å². The molecule has 18 heavy (non-hydrogen) atoms. The first-order valence-corrected chi connectivity index (χ1v) is 6.58. The summed E-state index contributed by atoms with van der Waals surface area (Å²) in [6.07, 6.45) is 0. The molecule has 0 atom stereocenters. The lowest BCUT2D eigenvalue weighted by Gasteiger charge is -2.20. The molecule has 0 aliphatic rings. The minimum Gasteiger partial charge on any atom is -0.0620 e. The van der Waals surface area contributed by atoms with E-state index >= 15 is 0 Å². The average molecular weight is 238 g/mol. The van der Waals surface area contributed by atoms with E-state index in [1.165, 1.54) is 44.5 Å². The van der Waals surface area contributed by atoms with Gasteiger partial charge in [0, 0.05) is 0 Å². The second-order valence-electron chi connectivity index (χ2n) is 5.31. The third-order valence-electron chi connectivity index (χ3n) is 4.41. The van der Waals surface area contributed by atoms with Crippen LogP contribution >= 0.6 is 0 Å². The number of rotatable bonds is 1. The number of benzene rings is 2. The zero-order chi connectivity index (χ0) is 13.4. The first-order valence-electron chi connectivity index (χ1n) is 6.58. The maximum atomic E-state index is 2.25. The Balaban J connectivity index is 2.85. The minimum absolute atomic E-state index is 1.35. The molecule has 0 fully saturated rings. The van der Waals surface area contributed by atoms with Crippen LogP contribution in [0, 0.1) is 41.5 Å². The van der Waals surface area contributed by atoms with Gasteiger partial charge in [0.05, 0.1) is 0 Å². The van der Waals surface area contributed by atoms with Crippen molar-refractivity contribution in [2.24, 2.45) is 0 Å². The molecule has 2 rings (SSSR count). The van der Waals surface area contributed by atoms with Crippen molar-refractivity contribution in [3.63, 3.8) is 0 Å². The predicted molar refractivity (Wildman–Crippen MR) is 80.3 cm³/mol. The third-order valence-corrected chi connectivity index (χ3v) is 4.41. The van der Waals surface area contributed by atoms with Crippen molar-refractivity contribution in [2.75, 3.05) is 0 Å². The van der Waals surface area contributed by atoms with Crippen LogP contribution in [0.5, 0.6) is 0 Å². The van der Waals surface area contributed by atoms with E-state index < -0.39 is 0 Å². The van der Waals surface area contributed by atoms with Crippen molar-refractivity contribution in [3.05, 3.63) is 57.6 Å². The van der Waals surface area contributed by atoms with Crippen LogP contribution < -0.4 is 0 Å². The van der Waals surface area contributed by atoms with Crippen molar-refractivity contribution < 1.29 is 0 Å². The Morgan fingerprint density at radius 3 is 1.50 bits per heavy atom. The van der Waals surface area contributed by atoms with Crippen molar-refractivity contribution in [2.45, 2.75) is 41.5 Å². The van der Waals surface area contributed by atoms with Gasteiger partial charge in [-0.05, 0) is 86.1 Å². The molecule has 0 unspecified atom stereocenters. The zero-order valence-electron chi connectivity index (χ0n) is 12.3. The highest BCUT2D eigenvalue weighted by Crippen LogP contribution is 2.35. The summed E-state index contributed by atoms with van der Waals surface area (Å²) in [5, 5.41) is 0. The molecule has 0 radical (unpaired) electrons. The lowest BCUT2D eigenvalue weighted by Crippen LogP contribution is -2.00. The fraction of sp³-hybridized carbons (Fsp3) is 0.333. The van der Waals surface area contributed by atoms with E-state index in [-0.39, 0.29) is 0 Å². The van der Waals surface area contributed by atoms with Crippen molar-refractivity contribution in [3.8, 4) is 11.1 Å². The van der Waals surface area contributed by atoms with Crippen LogP contribution in [0.25, 0.3) is 11.1 Å². The third kappa shape index (κ3) is 1.86. The van der Waals surface area contributed by atoms with Crippen LogP contribution in [0.1, 0.15) is 33.4 Å². The first kappa shape index (κ1) is 12.9. The van der Waals surface area contributed by atoms with E-state index in [1.54, 1.807) is 0 Å². The molecular formula is C18H22. The van der Waals surface area contributed by atoms with E-state index in [2.05, 4.69) is 65.8 Å². The van der Waals surface area contributed by atoms with Crippen LogP contribution in [0.4, 0.5) is 0 Å². The van der Waals surface area contributed by atoms with Gasteiger partial charge < -0.3 is 0 Å². The molecule has 0 bridgehead atoms. The molecule has 0 nitrogen and oxygen atoms in total. The highest BCUT2D eigenvalue weighted by molar-refractivity contribution is 5.76. The summed E-state index contributed by atoms with van der Waals surface area (Å²) in [5.74, 6) is 0.